The van der Waals surface area contributed by atoms with Gasteiger partial charge in [0.2, 0.25) is 0 Å². The van der Waals surface area contributed by atoms with E-state index >= 15 is 0 Å². The van der Waals surface area contributed by atoms with Crippen molar-refractivity contribution in [1.82, 2.24) is 20.2 Å². The Hall–Kier alpha value is -2.02. The first-order valence-electron chi connectivity index (χ1n) is 11.1. The van der Waals surface area contributed by atoms with Crippen molar-refractivity contribution >= 4 is 39.1 Å². The smallest absolute Gasteiger partial charge is 0.254 e. The summed E-state index contributed by atoms with van der Waals surface area (Å²) >= 11 is 8.39. The van der Waals surface area contributed by atoms with Crippen molar-refractivity contribution in [2.24, 2.45) is 5.92 Å². The predicted molar refractivity (Wildman–Crippen MR) is 124 cm³/mol. The van der Waals surface area contributed by atoms with Crippen LogP contribution in [-0.2, 0) is 0 Å². The lowest BCUT2D eigenvalue weighted by Crippen LogP contribution is -2.47. The molecule has 3 saturated heterocycles. The summed E-state index contributed by atoms with van der Waals surface area (Å²) < 4.78 is 0. The predicted octanol–water partition coefficient (Wildman–Crippen LogP) is 4.75. The second-order valence-corrected chi connectivity index (χ2v) is 10.5. The first kappa shape index (κ1) is 19.6. The number of aromatic nitrogens is 2. The van der Waals surface area contributed by atoms with Crippen LogP contribution < -0.4 is 5.32 Å². The average Bonchev–Trinajstić information content (AvgIpc) is 3.51. The number of hydrogen-bond acceptors (Lipinski definition) is 5. The summed E-state index contributed by atoms with van der Waals surface area (Å²) in [5, 5.41) is 7.44. The maximum Gasteiger partial charge on any atom is 0.254 e. The van der Waals surface area contributed by atoms with Crippen molar-refractivity contribution in [2.45, 2.75) is 44.1 Å². The van der Waals surface area contributed by atoms with Crippen LogP contribution in [0.4, 0.5) is 0 Å². The van der Waals surface area contributed by atoms with E-state index in [9.17, 15) is 4.79 Å². The van der Waals surface area contributed by atoms with Crippen LogP contribution >= 0.6 is 22.9 Å². The standard InChI is InChI=1S/C24H25ClN4OS/c1-13-27-22(18-6-7-31-23(18)28-13)20-9-19(20)17-5-3-15(8-21(17)25)24(30)29-12-14-2-4-16(29)11-26-10-14/h3,5-8,14,16,19-20,26H,2,4,9-12H2,1H3. The highest BCUT2D eigenvalue weighted by Gasteiger charge is 2.43. The van der Waals surface area contributed by atoms with Crippen molar-refractivity contribution in [3.8, 4) is 0 Å². The van der Waals surface area contributed by atoms with E-state index in [0.717, 1.165) is 59.8 Å². The Morgan fingerprint density at radius 1 is 1.19 bits per heavy atom. The van der Waals surface area contributed by atoms with Gasteiger partial charge in [-0.05, 0) is 73.7 Å². The molecule has 4 atom stereocenters. The number of piperidine rings is 1. The van der Waals surface area contributed by atoms with Crippen molar-refractivity contribution in [3.05, 3.63) is 57.3 Å². The lowest BCUT2D eigenvalue weighted by molar-refractivity contribution is 0.0591. The van der Waals surface area contributed by atoms with Gasteiger partial charge in [0.05, 0.1) is 5.69 Å². The molecule has 1 saturated carbocycles. The van der Waals surface area contributed by atoms with Gasteiger partial charge in [0.1, 0.15) is 10.7 Å². The molecule has 1 aromatic carbocycles. The molecule has 2 bridgehead atoms. The Kier molecular flexibility index (Phi) is 4.78. The third-order valence-electron chi connectivity index (χ3n) is 7.13. The van der Waals surface area contributed by atoms with Gasteiger partial charge in [0.15, 0.2) is 0 Å². The van der Waals surface area contributed by atoms with E-state index in [1.165, 1.54) is 6.42 Å². The van der Waals surface area contributed by atoms with Gasteiger partial charge in [0, 0.05) is 41.0 Å². The van der Waals surface area contributed by atoms with Gasteiger partial charge < -0.3 is 10.2 Å². The van der Waals surface area contributed by atoms with Crippen molar-refractivity contribution < 1.29 is 4.79 Å². The quantitative estimate of drug-likeness (QED) is 0.623. The topological polar surface area (TPSA) is 58.1 Å². The number of amides is 1. The van der Waals surface area contributed by atoms with Gasteiger partial charge in [-0.3, -0.25) is 4.79 Å². The highest BCUT2D eigenvalue weighted by atomic mass is 35.5. The normalized spacial score (nSPS) is 27.5. The summed E-state index contributed by atoms with van der Waals surface area (Å²) in [4.78, 5) is 25.7. The zero-order valence-electron chi connectivity index (χ0n) is 17.5. The first-order valence-corrected chi connectivity index (χ1v) is 12.4. The minimum absolute atomic E-state index is 0.116. The van der Waals surface area contributed by atoms with E-state index < -0.39 is 0 Å². The number of halogens is 1. The fraction of sp³-hybridized carbons (Fsp3) is 0.458. The SMILES string of the molecule is Cc1nc(C2CC2c2ccc(C(=O)N3CC4CCC3CNC4)cc2Cl)c2ccsc2n1. The molecule has 1 N–H and O–H groups in total. The van der Waals surface area contributed by atoms with Crippen molar-refractivity contribution in [1.29, 1.82) is 0 Å². The highest BCUT2D eigenvalue weighted by Crippen LogP contribution is 2.57. The molecule has 4 unspecified atom stereocenters. The van der Waals surface area contributed by atoms with Crippen LogP contribution in [0.5, 0.6) is 0 Å². The molecule has 4 fully saturated rings. The lowest BCUT2D eigenvalue weighted by Gasteiger charge is -2.36. The summed E-state index contributed by atoms with van der Waals surface area (Å²) in [7, 11) is 0. The molecule has 3 aliphatic heterocycles. The van der Waals surface area contributed by atoms with Gasteiger partial charge in [-0.1, -0.05) is 17.7 Å². The molecule has 0 spiro atoms. The average molecular weight is 453 g/mol. The largest absolute Gasteiger partial charge is 0.334 e. The van der Waals surface area contributed by atoms with Gasteiger partial charge in [-0.25, -0.2) is 9.97 Å². The van der Waals surface area contributed by atoms with Crippen LogP contribution in [-0.4, -0.2) is 46.5 Å². The van der Waals surface area contributed by atoms with Gasteiger partial charge >= 0.3 is 0 Å². The number of nitrogens with one attached hydrogen (secondary N) is 1. The minimum Gasteiger partial charge on any atom is -0.334 e. The highest BCUT2D eigenvalue weighted by molar-refractivity contribution is 7.16. The van der Waals surface area contributed by atoms with Crippen LogP contribution in [0.15, 0.2) is 29.6 Å². The summed E-state index contributed by atoms with van der Waals surface area (Å²) in [5.74, 6) is 2.22. The zero-order valence-corrected chi connectivity index (χ0v) is 19.0. The fourth-order valence-electron chi connectivity index (χ4n) is 5.42. The van der Waals surface area contributed by atoms with Crippen LogP contribution in [0.1, 0.15) is 58.5 Å². The number of fused-ring (bicyclic) bond motifs is 5. The van der Waals surface area contributed by atoms with E-state index in [2.05, 4.69) is 32.7 Å². The van der Waals surface area contributed by atoms with Crippen LogP contribution in [0.2, 0.25) is 5.02 Å². The summed E-state index contributed by atoms with van der Waals surface area (Å²) in [6.45, 7) is 4.72. The number of carbonyl (C=O) groups is 1. The van der Waals surface area contributed by atoms with E-state index in [1.54, 1.807) is 11.3 Å². The third kappa shape index (κ3) is 3.45. The molecule has 160 valence electrons. The van der Waals surface area contributed by atoms with Crippen molar-refractivity contribution in [2.75, 3.05) is 19.6 Å². The third-order valence-corrected chi connectivity index (χ3v) is 8.27. The van der Waals surface area contributed by atoms with E-state index in [-0.39, 0.29) is 5.91 Å². The van der Waals surface area contributed by atoms with Crippen LogP contribution in [0, 0.1) is 12.8 Å². The molecule has 2 aromatic heterocycles. The first-order chi connectivity index (χ1) is 15.1. The van der Waals surface area contributed by atoms with E-state index in [0.29, 0.717) is 34.4 Å². The maximum atomic E-state index is 13.3. The number of nitrogens with zero attached hydrogens (tertiary/aromatic N) is 3. The molecule has 31 heavy (non-hydrogen) atoms. The number of carbonyl (C=O) groups excluding carboxylic acids is 1. The molecule has 5 heterocycles. The minimum atomic E-state index is 0.116. The van der Waals surface area contributed by atoms with Crippen LogP contribution in [0.25, 0.3) is 10.2 Å². The molecule has 1 aliphatic carbocycles. The summed E-state index contributed by atoms with van der Waals surface area (Å²) in [6.07, 6.45) is 3.34. The molecule has 3 aromatic rings. The number of thiophene rings is 1. The van der Waals surface area contributed by atoms with Gasteiger partial charge in [-0.2, -0.15) is 0 Å². The number of rotatable bonds is 3. The zero-order chi connectivity index (χ0) is 21.1. The van der Waals surface area contributed by atoms with Gasteiger partial charge in [0.25, 0.3) is 5.91 Å². The summed E-state index contributed by atoms with van der Waals surface area (Å²) in [6, 6.07) is 8.33. The Bertz CT molecular complexity index is 1170. The molecule has 4 aliphatic rings. The van der Waals surface area contributed by atoms with E-state index in [4.69, 9.17) is 16.6 Å². The Labute approximate surface area is 190 Å². The fourth-order valence-corrected chi connectivity index (χ4v) is 6.56. The second kappa shape index (κ2) is 7.54. The lowest BCUT2D eigenvalue weighted by atomic mass is 9.94. The molecule has 7 rings (SSSR count). The molecular formula is C24H25ClN4OS. The number of benzene rings is 1. The monoisotopic (exact) mass is 452 g/mol. The Balaban J connectivity index is 1.24. The van der Waals surface area contributed by atoms with E-state index in [1.807, 2.05) is 19.1 Å². The van der Waals surface area contributed by atoms with Crippen LogP contribution in [0.3, 0.4) is 0 Å². The Morgan fingerprint density at radius 3 is 2.97 bits per heavy atom. The molecule has 7 heteroatoms. The molecule has 5 nitrogen and oxygen atoms in total. The van der Waals surface area contributed by atoms with Crippen molar-refractivity contribution in [3.63, 3.8) is 0 Å². The molecule has 1 amide bonds. The van der Waals surface area contributed by atoms with Gasteiger partial charge in [-0.15, -0.1) is 11.3 Å². The molecular weight excluding hydrogens is 428 g/mol. The number of aryl methyl sites for hydroxylation is 1. The Morgan fingerprint density at radius 2 is 2.10 bits per heavy atom. The summed E-state index contributed by atoms with van der Waals surface area (Å²) in [5.41, 5.74) is 2.97. The molecule has 0 radical (unpaired) electrons. The number of hydrogen-bond donors (Lipinski definition) is 1. The second-order valence-electron chi connectivity index (χ2n) is 9.19. The maximum absolute atomic E-state index is 13.3.